The lowest BCUT2D eigenvalue weighted by molar-refractivity contribution is -0.167. The summed E-state index contributed by atoms with van der Waals surface area (Å²) < 4.78 is 16.9. The molecule has 1 atom stereocenters. The van der Waals surface area contributed by atoms with Gasteiger partial charge in [-0.15, -0.1) is 0 Å². The van der Waals surface area contributed by atoms with E-state index in [9.17, 15) is 14.4 Å². The molecule has 6 nitrogen and oxygen atoms in total. The second-order valence-corrected chi connectivity index (χ2v) is 22.7. The van der Waals surface area contributed by atoms with Gasteiger partial charge >= 0.3 is 17.9 Å². The van der Waals surface area contributed by atoms with Crippen molar-refractivity contribution in [2.75, 3.05) is 13.2 Å². The van der Waals surface area contributed by atoms with Crippen LogP contribution in [0.4, 0.5) is 0 Å². The predicted octanol–water partition coefficient (Wildman–Crippen LogP) is 22.8. The smallest absolute Gasteiger partial charge is 0.306 e. The molecule has 1 unspecified atom stereocenters. The van der Waals surface area contributed by atoms with E-state index in [4.69, 9.17) is 14.2 Å². The Morgan fingerprint density at radius 2 is 0.480 bits per heavy atom. The maximum absolute atomic E-state index is 12.8. The first-order valence-corrected chi connectivity index (χ1v) is 33.5. The van der Waals surface area contributed by atoms with Crippen LogP contribution in [-0.4, -0.2) is 37.2 Å². The van der Waals surface area contributed by atoms with Crippen molar-refractivity contribution in [2.45, 2.75) is 374 Å². The van der Waals surface area contributed by atoms with Crippen LogP contribution in [0.3, 0.4) is 0 Å². The lowest BCUT2D eigenvalue weighted by Crippen LogP contribution is -2.30. The molecule has 0 aromatic carbocycles. The number of rotatable bonds is 62. The third-order valence-corrected chi connectivity index (χ3v) is 15.1. The topological polar surface area (TPSA) is 78.9 Å². The molecule has 0 amide bonds. The molecule has 440 valence electrons. The Morgan fingerprint density at radius 3 is 0.747 bits per heavy atom. The van der Waals surface area contributed by atoms with Crippen LogP contribution in [0.1, 0.15) is 367 Å². The summed E-state index contributed by atoms with van der Waals surface area (Å²) in [5, 5.41) is 0. The van der Waals surface area contributed by atoms with E-state index in [1.807, 2.05) is 0 Å². The molecule has 0 aromatic rings. The lowest BCUT2D eigenvalue weighted by atomic mass is 10.0. The number of hydrogen-bond acceptors (Lipinski definition) is 6. The van der Waals surface area contributed by atoms with Crippen LogP contribution in [0.2, 0.25) is 0 Å². The molecule has 0 rings (SSSR count). The van der Waals surface area contributed by atoms with Crippen molar-refractivity contribution in [3.8, 4) is 0 Å². The van der Waals surface area contributed by atoms with Gasteiger partial charge in [-0.25, -0.2) is 0 Å². The Kier molecular flexibility index (Phi) is 62.1. The summed E-state index contributed by atoms with van der Waals surface area (Å²) in [6.45, 7) is 6.66. The third-order valence-electron chi connectivity index (χ3n) is 15.1. The highest BCUT2D eigenvalue weighted by Crippen LogP contribution is 2.18. The third kappa shape index (κ3) is 62.4. The molecule has 0 N–H and O–H groups in total. The van der Waals surface area contributed by atoms with Crippen molar-refractivity contribution in [3.05, 3.63) is 36.5 Å². The highest BCUT2D eigenvalue weighted by molar-refractivity contribution is 5.71. The van der Waals surface area contributed by atoms with Gasteiger partial charge in [0.05, 0.1) is 0 Å². The second kappa shape index (κ2) is 64.2. The van der Waals surface area contributed by atoms with Crippen molar-refractivity contribution in [3.63, 3.8) is 0 Å². The number of carbonyl (C=O) groups excluding carboxylic acids is 3. The molecule has 0 saturated heterocycles. The normalized spacial score (nSPS) is 12.2. The van der Waals surface area contributed by atoms with Crippen LogP contribution < -0.4 is 0 Å². The van der Waals surface area contributed by atoms with Gasteiger partial charge in [0.15, 0.2) is 6.10 Å². The maximum Gasteiger partial charge on any atom is 0.306 e. The van der Waals surface area contributed by atoms with Gasteiger partial charge in [-0.2, -0.15) is 0 Å². The molecule has 0 fully saturated rings. The molecule has 0 heterocycles. The Labute approximate surface area is 467 Å². The van der Waals surface area contributed by atoms with Crippen molar-refractivity contribution in [1.82, 2.24) is 0 Å². The van der Waals surface area contributed by atoms with E-state index in [-0.39, 0.29) is 31.1 Å². The molecule has 0 radical (unpaired) electrons. The SMILES string of the molecule is CCCCCCC/C=C\C/C=C\C/C=C\CCCCCCCCCCCCCCCCCCCCC(=O)OCC(COC(=O)CCCCCCCCCC)OC(=O)CCCCCCCCCCCCCCCCCC. The zero-order chi connectivity index (χ0) is 54.3. The van der Waals surface area contributed by atoms with Gasteiger partial charge in [0.25, 0.3) is 0 Å². The summed E-state index contributed by atoms with van der Waals surface area (Å²) in [6, 6.07) is 0. The Bertz CT molecular complexity index is 1250. The van der Waals surface area contributed by atoms with E-state index in [1.165, 1.54) is 257 Å². The Balaban J connectivity index is 4.00. The van der Waals surface area contributed by atoms with Crippen molar-refractivity contribution >= 4 is 17.9 Å². The Hall–Kier alpha value is -2.37. The van der Waals surface area contributed by atoms with E-state index < -0.39 is 6.10 Å². The van der Waals surface area contributed by atoms with Gasteiger partial charge in [-0.1, -0.05) is 327 Å². The summed E-state index contributed by atoms with van der Waals surface area (Å²) >= 11 is 0. The monoisotopic (exact) mass is 1050 g/mol. The van der Waals surface area contributed by atoms with Crippen LogP contribution in [0.5, 0.6) is 0 Å². The highest BCUT2D eigenvalue weighted by atomic mass is 16.6. The van der Waals surface area contributed by atoms with E-state index >= 15 is 0 Å². The minimum Gasteiger partial charge on any atom is -0.462 e. The van der Waals surface area contributed by atoms with Crippen LogP contribution in [-0.2, 0) is 28.6 Å². The molecule has 75 heavy (non-hydrogen) atoms. The largest absolute Gasteiger partial charge is 0.462 e. The first kappa shape index (κ1) is 72.6. The molecule has 6 heteroatoms. The number of unbranched alkanes of at least 4 members (excludes halogenated alkanes) is 45. The number of allylic oxidation sites excluding steroid dienone is 6. The lowest BCUT2D eigenvalue weighted by Gasteiger charge is -2.18. The summed E-state index contributed by atoms with van der Waals surface area (Å²) in [7, 11) is 0. The summed E-state index contributed by atoms with van der Waals surface area (Å²) in [4.78, 5) is 38.1. The van der Waals surface area contributed by atoms with Crippen LogP contribution in [0.15, 0.2) is 36.5 Å². The minimum absolute atomic E-state index is 0.0654. The molecule has 0 aliphatic rings. The maximum atomic E-state index is 12.8. The van der Waals surface area contributed by atoms with Crippen molar-refractivity contribution < 1.29 is 28.6 Å². The second-order valence-electron chi connectivity index (χ2n) is 22.7. The molecule has 0 aliphatic carbocycles. The van der Waals surface area contributed by atoms with Gasteiger partial charge in [0.1, 0.15) is 13.2 Å². The summed E-state index contributed by atoms with van der Waals surface area (Å²) in [5.41, 5.74) is 0. The standard InChI is InChI=1S/C69H128O6/c1-4-7-10-13-16-19-21-23-25-27-28-29-30-31-32-33-34-35-36-37-38-39-40-41-42-43-45-46-48-50-53-56-59-62-68(71)74-65-66(64-73-67(70)61-58-55-52-18-15-12-9-6-3)75-69(72)63-60-57-54-51-49-47-44-26-24-22-20-17-14-11-8-5-2/h21,23,27-28,30-31,66H,4-20,22,24-26,29,32-65H2,1-3H3/b23-21-,28-27-,31-30-. The molecule has 0 saturated carbocycles. The van der Waals surface area contributed by atoms with Crippen LogP contribution in [0, 0.1) is 0 Å². The fourth-order valence-corrected chi connectivity index (χ4v) is 10.1. The highest BCUT2D eigenvalue weighted by Gasteiger charge is 2.19. The fourth-order valence-electron chi connectivity index (χ4n) is 10.1. The van der Waals surface area contributed by atoms with Crippen LogP contribution in [0.25, 0.3) is 0 Å². The first-order valence-electron chi connectivity index (χ1n) is 33.5. The quantitative estimate of drug-likeness (QED) is 0.0261. The van der Waals surface area contributed by atoms with E-state index in [0.29, 0.717) is 19.3 Å². The average molecular weight is 1050 g/mol. The molecule has 0 bridgehead atoms. The molecule has 0 aromatic heterocycles. The van der Waals surface area contributed by atoms with Gasteiger partial charge in [-0.3, -0.25) is 14.4 Å². The molecular formula is C69H128O6. The number of carbonyl (C=O) groups is 3. The van der Waals surface area contributed by atoms with Crippen molar-refractivity contribution in [1.29, 1.82) is 0 Å². The zero-order valence-electron chi connectivity index (χ0n) is 50.6. The van der Waals surface area contributed by atoms with Gasteiger partial charge in [0, 0.05) is 19.3 Å². The molecule has 0 spiro atoms. The van der Waals surface area contributed by atoms with E-state index in [2.05, 4.69) is 57.2 Å². The molecular weight excluding hydrogens is 925 g/mol. The average Bonchev–Trinajstić information content (AvgIpc) is 3.41. The predicted molar refractivity (Wildman–Crippen MR) is 326 cm³/mol. The fraction of sp³-hybridized carbons (Fsp3) is 0.870. The number of ether oxygens (including phenoxy) is 3. The van der Waals surface area contributed by atoms with Gasteiger partial charge in [0.2, 0.25) is 0 Å². The van der Waals surface area contributed by atoms with Crippen molar-refractivity contribution in [2.24, 2.45) is 0 Å². The first-order chi connectivity index (χ1) is 37.0. The van der Waals surface area contributed by atoms with E-state index in [0.717, 1.165) is 70.6 Å². The van der Waals surface area contributed by atoms with Crippen LogP contribution >= 0.6 is 0 Å². The Morgan fingerprint density at radius 1 is 0.267 bits per heavy atom. The summed E-state index contributed by atoms with van der Waals surface area (Å²) in [6.07, 6.45) is 79.0. The number of hydrogen-bond donors (Lipinski definition) is 0. The minimum atomic E-state index is -0.765. The molecule has 0 aliphatic heterocycles. The zero-order valence-corrected chi connectivity index (χ0v) is 50.6. The number of esters is 3. The van der Waals surface area contributed by atoms with E-state index in [1.54, 1.807) is 0 Å². The van der Waals surface area contributed by atoms with Gasteiger partial charge in [-0.05, 0) is 57.8 Å². The van der Waals surface area contributed by atoms with Gasteiger partial charge < -0.3 is 14.2 Å². The summed E-state index contributed by atoms with van der Waals surface area (Å²) in [5.74, 6) is -0.845.